The first-order valence-electron chi connectivity index (χ1n) is 11.5. The largest absolute Gasteiger partial charge is 0.493 e. The number of carbonyl (C=O) groups excluding carboxylic acids is 1. The van der Waals surface area contributed by atoms with Gasteiger partial charge in [-0.15, -0.1) is 0 Å². The zero-order valence-corrected chi connectivity index (χ0v) is 22.2. The molecule has 4 aromatic carbocycles. The fourth-order valence-corrected chi connectivity index (χ4v) is 4.76. The molecule has 5 rings (SSSR count). The maximum absolute atomic E-state index is 13.6. The fraction of sp³-hybridized carbons (Fsp3) is 0.0667. The van der Waals surface area contributed by atoms with Crippen LogP contribution in [0.3, 0.4) is 0 Å². The first-order chi connectivity index (χ1) is 18.0. The first-order valence-corrected chi connectivity index (χ1v) is 12.7. The molecule has 1 aliphatic heterocycles. The molecule has 184 valence electrons. The number of halogens is 2. The predicted octanol–water partition coefficient (Wildman–Crippen LogP) is 7.52. The Labute approximate surface area is 228 Å². The van der Waals surface area contributed by atoms with Gasteiger partial charge >= 0.3 is 0 Å². The molecule has 1 aliphatic rings. The average Bonchev–Trinajstić information content (AvgIpc) is 3.25. The summed E-state index contributed by atoms with van der Waals surface area (Å²) in [5, 5.41) is 6.76. The Bertz CT molecular complexity index is 1500. The van der Waals surface area contributed by atoms with Crippen molar-refractivity contribution < 1.29 is 14.3 Å². The molecule has 37 heavy (non-hydrogen) atoms. The number of hydrogen-bond donors (Lipinski definition) is 0. The van der Waals surface area contributed by atoms with Crippen molar-refractivity contribution >= 4 is 50.9 Å². The van der Waals surface area contributed by atoms with E-state index in [4.69, 9.17) is 26.2 Å². The fourth-order valence-electron chi connectivity index (χ4n) is 3.99. The zero-order chi connectivity index (χ0) is 25.8. The molecule has 0 spiro atoms. The van der Waals surface area contributed by atoms with Crippen LogP contribution in [0.1, 0.15) is 16.7 Å². The van der Waals surface area contributed by atoms with Crippen LogP contribution in [0.2, 0.25) is 5.02 Å². The first kappa shape index (κ1) is 24.8. The topological polar surface area (TPSA) is 51.1 Å². The maximum atomic E-state index is 13.6. The van der Waals surface area contributed by atoms with Gasteiger partial charge in [0.05, 0.1) is 22.8 Å². The molecule has 0 N–H and O–H groups in total. The van der Waals surface area contributed by atoms with Crippen molar-refractivity contribution in [2.45, 2.75) is 6.61 Å². The highest BCUT2D eigenvalue weighted by Crippen LogP contribution is 2.39. The smallest absolute Gasteiger partial charge is 0.281 e. The number of ether oxygens (including phenoxy) is 2. The molecule has 1 amide bonds. The SMILES string of the molecule is COc1cc(/C=C2\C(=O)N(c3ccccc3)N=C2c2ccccc2)cc(Br)c1OCc1ccccc1Cl. The minimum absolute atomic E-state index is 0.209. The second-order valence-electron chi connectivity index (χ2n) is 8.24. The predicted molar refractivity (Wildman–Crippen MR) is 151 cm³/mol. The number of nitrogens with zero attached hydrogens (tertiary/aromatic N) is 2. The lowest BCUT2D eigenvalue weighted by atomic mass is 10.00. The van der Waals surface area contributed by atoms with Crippen LogP contribution < -0.4 is 14.5 Å². The van der Waals surface area contributed by atoms with Crippen LogP contribution in [0.25, 0.3) is 6.08 Å². The maximum Gasteiger partial charge on any atom is 0.281 e. The van der Waals surface area contributed by atoms with E-state index in [9.17, 15) is 4.79 Å². The lowest BCUT2D eigenvalue weighted by Crippen LogP contribution is -2.21. The van der Waals surface area contributed by atoms with Crippen molar-refractivity contribution in [3.05, 3.63) is 129 Å². The highest BCUT2D eigenvalue weighted by Gasteiger charge is 2.32. The van der Waals surface area contributed by atoms with Gasteiger partial charge in [-0.2, -0.15) is 10.1 Å². The number of hydrazone groups is 1. The third-order valence-corrected chi connectivity index (χ3v) is 6.78. The Morgan fingerprint density at radius 2 is 1.62 bits per heavy atom. The van der Waals surface area contributed by atoms with Gasteiger partial charge in [0.15, 0.2) is 11.5 Å². The van der Waals surface area contributed by atoms with Gasteiger partial charge in [0.25, 0.3) is 5.91 Å². The Morgan fingerprint density at radius 3 is 2.32 bits per heavy atom. The summed E-state index contributed by atoms with van der Waals surface area (Å²) in [5.41, 5.74) is 4.26. The van der Waals surface area contributed by atoms with E-state index < -0.39 is 0 Å². The van der Waals surface area contributed by atoms with Crippen molar-refractivity contribution in [1.29, 1.82) is 0 Å². The molecule has 0 fully saturated rings. The highest BCUT2D eigenvalue weighted by molar-refractivity contribution is 9.10. The molecule has 0 bridgehead atoms. The number of para-hydroxylation sites is 1. The number of anilines is 1. The van der Waals surface area contributed by atoms with Gasteiger partial charge in [-0.05, 0) is 57.9 Å². The van der Waals surface area contributed by atoms with Crippen molar-refractivity contribution in [2.75, 3.05) is 12.1 Å². The number of benzene rings is 4. The zero-order valence-electron chi connectivity index (χ0n) is 19.9. The van der Waals surface area contributed by atoms with Crippen LogP contribution in [0.4, 0.5) is 5.69 Å². The molecule has 0 radical (unpaired) electrons. The summed E-state index contributed by atoms with van der Waals surface area (Å²) in [6.07, 6.45) is 1.82. The van der Waals surface area contributed by atoms with Gasteiger partial charge in [0.2, 0.25) is 0 Å². The molecule has 7 heteroatoms. The summed E-state index contributed by atoms with van der Waals surface area (Å²) in [7, 11) is 1.58. The molecule has 1 heterocycles. The standard InChI is InChI=1S/C30H22BrClN2O3/c1-36-27-18-20(17-25(31)29(27)37-19-22-12-8-9-15-26(22)32)16-24-28(21-10-4-2-5-11-21)33-34(30(24)35)23-13-6-3-7-14-23/h2-18H,19H2,1H3/b24-16-. The van der Waals surface area contributed by atoms with E-state index in [0.717, 1.165) is 16.7 Å². The van der Waals surface area contributed by atoms with Crippen LogP contribution in [0, 0.1) is 0 Å². The lowest BCUT2D eigenvalue weighted by molar-refractivity contribution is -0.114. The summed E-state index contributed by atoms with van der Waals surface area (Å²) in [6, 6.07) is 30.3. The number of hydrogen-bond acceptors (Lipinski definition) is 4. The molecule has 0 unspecified atom stereocenters. The van der Waals surface area contributed by atoms with Crippen molar-refractivity contribution in [3.63, 3.8) is 0 Å². The van der Waals surface area contributed by atoms with Crippen LogP contribution in [-0.4, -0.2) is 18.7 Å². The molecule has 0 atom stereocenters. The van der Waals surface area contributed by atoms with Crippen LogP contribution in [-0.2, 0) is 11.4 Å². The van der Waals surface area contributed by atoms with E-state index >= 15 is 0 Å². The third-order valence-electron chi connectivity index (χ3n) is 5.82. The van der Waals surface area contributed by atoms with Crippen LogP contribution in [0.15, 0.2) is 112 Å². The van der Waals surface area contributed by atoms with Gasteiger partial charge in [-0.1, -0.05) is 78.3 Å². The summed E-state index contributed by atoms with van der Waals surface area (Å²) in [6.45, 7) is 0.282. The van der Waals surface area contributed by atoms with Gasteiger partial charge in [0, 0.05) is 16.1 Å². The van der Waals surface area contributed by atoms with Gasteiger partial charge < -0.3 is 9.47 Å². The van der Waals surface area contributed by atoms with Crippen molar-refractivity contribution in [3.8, 4) is 11.5 Å². The summed E-state index contributed by atoms with van der Waals surface area (Å²) in [4.78, 5) is 13.6. The Kier molecular flexibility index (Phi) is 7.40. The minimum atomic E-state index is -0.209. The Morgan fingerprint density at radius 1 is 0.946 bits per heavy atom. The second kappa shape index (κ2) is 11.0. The van der Waals surface area contributed by atoms with E-state index in [0.29, 0.717) is 38.0 Å². The molecule has 0 saturated heterocycles. The Balaban J connectivity index is 1.51. The van der Waals surface area contributed by atoms with Crippen molar-refractivity contribution in [1.82, 2.24) is 0 Å². The summed E-state index contributed by atoms with van der Waals surface area (Å²) >= 11 is 9.89. The number of carbonyl (C=O) groups is 1. The quantitative estimate of drug-likeness (QED) is 0.215. The van der Waals surface area contributed by atoms with Gasteiger partial charge in [-0.3, -0.25) is 4.79 Å². The minimum Gasteiger partial charge on any atom is -0.493 e. The third kappa shape index (κ3) is 5.31. The van der Waals surface area contributed by atoms with Gasteiger partial charge in [-0.25, -0.2) is 0 Å². The average molecular weight is 574 g/mol. The molecule has 0 aromatic heterocycles. The van der Waals surface area contributed by atoms with E-state index in [2.05, 4.69) is 15.9 Å². The summed E-state index contributed by atoms with van der Waals surface area (Å²) < 4.78 is 12.4. The number of rotatable bonds is 7. The van der Waals surface area contributed by atoms with Gasteiger partial charge in [0.1, 0.15) is 12.3 Å². The van der Waals surface area contributed by atoms with E-state index in [1.165, 1.54) is 5.01 Å². The second-order valence-corrected chi connectivity index (χ2v) is 9.50. The normalized spacial score (nSPS) is 14.1. The molecule has 0 saturated carbocycles. The van der Waals surface area contributed by atoms with Crippen molar-refractivity contribution in [2.24, 2.45) is 5.10 Å². The molecular weight excluding hydrogens is 552 g/mol. The summed E-state index contributed by atoms with van der Waals surface area (Å²) in [5.74, 6) is 0.862. The van der Waals surface area contributed by atoms with E-state index in [-0.39, 0.29) is 12.5 Å². The number of amides is 1. The Hall–Kier alpha value is -3.87. The monoisotopic (exact) mass is 572 g/mol. The highest BCUT2D eigenvalue weighted by atomic mass is 79.9. The van der Waals surface area contributed by atoms with E-state index in [1.54, 1.807) is 7.11 Å². The molecule has 0 aliphatic carbocycles. The van der Waals surface area contributed by atoms with E-state index in [1.807, 2.05) is 103 Å². The molecule has 4 aromatic rings. The van der Waals surface area contributed by atoms with Crippen LogP contribution >= 0.6 is 27.5 Å². The number of methoxy groups -OCH3 is 1. The lowest BCUT2D eigenvalue weighted by Gasteiger charge is -2.14. The van der Waals surface area contributed by atoms with Crippen LogP contribution in [0.5, 0.6) is 11.5 Å². The molecular formula is C30H22BrClN2O3. The molecule has 5 nitrogen and oxygen atoms in total.